The SMILES string of the molecule is CCOc1ccccc1OCCCC(=O)NC1CCCC1CN.Cl. The Morgan fingerprint density at radius 1 is 1.25 bits per heavy atom. The molecule has 24 heavy (non-hydrogen) atoms. The van der Waals surface area contributed by atoms with Gasteiger partial charge in [-0.3, -0.25) is 4.79 Å². The molecule has 0 aromatic heterocycles. The summed E-state index contributed by atoms with van der Waals surface area (Å²) in [6.45, 7) is 3.70. The average Bonchev–Trinajstić information content (AvgIpc) is 3.00. The number of carbonyl (C=O) groups excluding carboxylic acids is 1. The number of hydrogen-bond acceptors (Lipinski definition) is 4. The van der Waals surface area contributed by atoms with Crippen LogP contribution in [0.3, 0.4) is 0 Å². The van der Waals surface area contributed by atoms with Gasteiger partial charge < -0.3 is 20.5 Å². The number of nitrogens with one attached hydrogen (secondary N) is 1. The summed E-state index contributed by atoms with van der Waals surface area (Å²) in [5, 5.41) is 3.11. The second-order valence-electron chi connectivity index (χ2n) is 5.93. The maximum atomic E-state index is 12.0. The van der Waals surface area contributed by atoms with Gasteiger partial charge in [0.2, 0.25) is 5.91 Å². The van der Waals surface area contributed by atoms with E-state index in [1.807, 2.05) is 31.2 Å². The number of benzene rings is 1. The highest BCUT2D eigenvalue weighted by Gasteiger charge is 2.26. The fourth-order valence-electron chi connectivity index (χ4n) is 3.05. The Labute approximate surface area is 150 Å². The zero-order valence-corrected chi connectivity index (χ0v) is 15.1. The molecule has 0 radical (unpaired) electrons. The summed E-state index contributed by atoms with van der Waals surface area (Å²) in [7, 11) is 0. The molecule has 0 aliphatic heterocycles. The van der Waals surface area contributed by atoms with Gasteiger partial charge >= 0.3 is 0 Å². The smallest absolute Gasteiger partial charge is 0.220 e. The molecule has 1 amide bonds. The Morgan fingerprint density at radius 2 is 1.96 bits per heavy atom. The molecule has 2 atom stereocenters. The van der Waals surface area contributed by atoms with E-state index in [-0.39, 0.29) is 24.4 Å². The van der Waals surface area contributed by atoms with Crippen LogP contribution in [0.4, 0.5) is 0 Å². The summed E-state index contributed by atoms with van der Waals surface area (Å²) < 4.78 is 11.2. The van der Waals surface area contributed by atoms with Gasteiger partial charge in [-0.1, -0.05) is 18.6 Å². The normalized spacial score (nSPS) is 19.4. The van der Waals surface area contributed by atoms with Gasteiger partial charge in [-0.15, -0.1) is 12.4 Å². The van der Waals surface area contributed by atoms with E-state index < -0.39 is 0 Å². The van der Waals surface area contributed by atoms with Gasteiger partial charge in [0.15, 0.2) is 11.5 Å². The van der Waals surface area contributed by atoms with Gasteiger partial charge in [-0.05, 0) is 50.8 Å². The van der Waals surface area contributed by atoms with Gasteiger partial charge in [0.05, 0.1) is 13.2 Å². The first-order chi connectivity index (χ1) is 11.2. The Morgan fingerprint density at radius 3 is 2.62 bits per heavy atom. The molecule has 5 nitrogen and oxygen atoms in total. The highest BCUT2D eigenvalue weighted by atomic mass is 35.5. The van der Waals surface area contributed by atoms with Crippen LogP contribution in [0.5, 0.6) is 11.5 Å². The molecule has 6 heteroatoms. The molecule has 0 bridgehead atoms. The predicted octanol–water partition coefficient (Wildman–Crippen LogP) is 2.91. The minimum atomic E-state index is 0. The maximum Gasteiger partial charge on any atom is 0.220 e. The molecule has 136 valence electrons. The van der Waals surface area contributed by atoms with Gasteiger partial charge in [-0.25, -0.2) is 0 Å². The third-order valence-electron chi connectivity index (χ3n) is 4.26. The third-order valence-corrected chi connectivity index (χ3v) is 4.26. The fourth-order valence-corrected chi connectivity index (χ4v) is 3.05. The molecule has 0 saturated heterocycles. The first-order valence-corrected chi connectivity index (χ1v) is 8.58. The molecular weight excluding hydrogens is 328 g/mol. The van der Waals surface area contributed by atoms with Crippen molar-refractivity contribution in [2.75, 3.05) is 19.8 Å². The van der Waals surface area contributed by atoms with Crippen LogP contribution < -0.4 is 20.5 Å². The zero-order valence-electron chi connectivity index (χ0n) is 14.3. The van der Waals surface area contributed by atoms with Crippen molar-refractivity contribution in [3.05, 3.63) is 24.3 Å². The van der Waals surface area contributed by atoms with Crippen LogP contribution in [0.2, 0.25) is 0 Å². The summed E-state index contributed by atoms with van der Waals surface area (Å²) >= 11 is 0. The fraction of sp³-hybridized carbons (Fsp3) is 0.611. The van der Waals surface area contributed by atoms with E-state index in [9.17, 15) is 4.79 Å². The van der Waals surface area contributed by atoms with Crippen LogP contribution in [0.25, 0.3) is 0 Å². The monoisotopic (exact) mass is 356 g/mol. The zero-order chi connectivity index (χ0) is 16.5. The van der Waals surface area contributed by atoms with E-state index in [0.29, 0.717) is 38.5 Å². The Balaban J connectivity index is 0.00000288. The van der Waals surface area contributed by atoms with Crippen molar-refractivity contribution in [1.29, 1.82) is 0 Å². The summed E-state index contributed by atoms with van der Waals surface area (Å²) in [5.41, 5.74) is 5.74. The van der Waals surface area contributed by atoms with E-state index in [1.54, 1.807) is 0 Å². The highest BCUT2D eigenvalue weighted by molar-refractivity contribution is 5.85. The third kappa shape index (κ3) is 6.21. The van der Waals surface area contributed by atoms with Crippen molar-refractivity contribution in [3.8, 4) is 11.5 Å². The van der Waals surface area contributed by atoms with Crippen LogP contribution in [0.1, 0.15) is 39.0 Å². The molecule has 1 aromatic rings. The number of nitrogens with two attached hydrogens (primary N) is 1. The largest absolute Gasteiger partial charge is 0.490 e. The maximum absolute atomic E-state index is 12.0. The Bertz CT molecular complexity index is 499. The summed E-state index contributed by atoms with van der Waals surface area (Å²) in [6.07, 6.45) is 4.49. The quantitative estimate of drug-likeness (QED) is 0.667. The number of para-hydroxylation sites is 2. The second kappa shape index (κ2) is 11.2. The summed E-state index contributed by atoms with van der Waals surface area (Å²) in [6, 6.07) is 7.86. The molecule has 2 rings (SSSR count). The molecule has 1 aromatic carbocycles. The molecule has 0 spiro atoms. The summed E-state index contributed by atoms with van der Waals surface area (Å²) in [5.74, 6) is 2.01. The van der Waals surface area contributed by atoms with Crippen molar-refractivity contribution in [2.45, 2.75) is 45.1 Å². The average molecular weight is 357 g/mol. The van der Waals surface area contributed by atoms with Crippen molar-refractivity contribution >= 4 is 18.3 Å². The minimum Gasteiger partial charge on any atom is -0.490 e. The molecular formula is C18H29ClN2O3. The lowest BCUT2D eigenvalue weighted by Gasteiger charge is -2.19. The van der Waals surface area contributed by atoms with Crippen molar-refractivity contribution in [3.63, 3.8) is 0 Å². The van der Waals surface area contributed by atoms with E-state index in [1.165, 1.54) is 0 Å². The number of ether oxygens (including phenoxy) is 2. The number of carbonyl (C=O) groups is 1. The van der Waals surface area contributed by atoms with E-state index in [0.717, 1.165) is 30.8 Å². The van der Waals surface area contributed by atoms with Gasteiger partial charge in [0, 0.05) is 12.5 Å². The van der Waals surface area contributed by atoms with Crippen molar-refractivity contribution in [2.24, 2.45) is 11.7 Å². The number of amides is 1. The van der Waals surface area contributed by atoms with Gasteiger partial charge in [0.25, 0.3) is 0 Å². The predicted molar refractivity (Wildman–Crippen MR) is 97.9 cm³/mol. The summed E-state index contributed by atoms with van der Waals surface area (Å²) in [4.78, 5) is 12.0. The lowest BCUT2D eigenvalue weighted by atomic mass is 10.0. The molecule has 0 heterocycles. The Kier molecular flexibility index (Phi) is 9.57. The van der Waals surface area contributed by atoms with Crippen LogP contribution >= 0.6 is 12.4 Å². The van der Waals surface area contributed by atoms with Gasteiger partial charge in [-0.2, -0.15) is 0 Å². The number of halogens is 1. The molecule has 1 aliphatic carbocycles. The standard InChI is InChI=1S/C18H28N2O3.ClH/c1-2-22-16-9-3-4-10-17(16)23-12-6-11-18(21)20-15-8-5-7-14(15)13-19;/h3-4,9-10,14-15H,2,5-8,11-13,19H2,1H3,(H,20,21);1H. The van der Waals surface area contributed by atoms with Crippen LogP contribution in [-0.4, -0.2) is 31.7 Å². The first kappa shape index (κ1) is 20.6. The molecule has 1 aliphatic rings. The van der Waals surface area contributed by atoms with Crippen molar-refractivity contribution < 1.29 is 14.3 Å². The lowest BCUT2D eigenvalue weighted by molar-refractivity contribution is -0.122. The Hall–Kier alpha value is -1.46. The minimum absolute atomic E-state index is 0. The van der Waals surface area contributed by atoms with Crippen LogP contribution in [0, 0.1) is 5.92 Å². The number of hydrogen-bond donors (Lipinski definition) is 2. The molecule has 2 unspecified atom stereocenters. The number of rotatable bonds is 9. The van der Waals surface area contributed by atoms with Crippen LogP contribution in [-0.2, 0) is 4.79 Å². The van der Waals surface area contributed by atoms with Crippen molar-refractivity contribution in [1.82, 2.24) is 5.32 Å². The molecule has 3 N–H and O–H groups in total. The first-order valence-electron chi connectivity index (χ1n) is 8.58. The van der Waals surface area contributed by atoms with E-state index in [2.05, 4.69) is 5.32 Å². The van der Waals surface area contributed by atoms with Crippen LogP contribution in [0.15, 0.2) is 24.3 Å². The van der Waals surface area contributed by atoms with Gasteiger partial charge in [0.1, 0.15) is 0 Å². The topological polar surface area (TPSA) is 73.6 Å². The van der Waals surface area contributed by atoms with E-state index in [4.69, 9.17) is 15.2 Å². The molecule has 1 fully saturated rings. The second-order valence-corrected chi connectivity index (χ2v) is 5.93. The molecule has 1 saturated carbocycles. The highest BCUT2D eigenvalue weighted by Crippen LogP contribution is 2.27. The van der Waals surface area contributed by atoms with E-state index >= 15 is 0 Å². The lowest BCUT2D eigenvalue weighted by Crippen LogP contribution is -2.39.